The minimum absolute atomic E-state index is 0.465. The molecule has 2 heterocycles. The normalized spacial score (nSPS) is 10.7. The molecule has 3 aromatic rings. The summed E-state index contributed by atoms with van der Waals surface area (Å²) in [6.07, 6.45) is 5.03. The van der Waals surface area contributed by atoms with Crippen molar-refractivity contribution in [3.05, 3.63) is 54.6 Å². The number of nitrogens with zero attached hydrogens (tertiary/aromatic N) is 3. The van der Waals surface area contributed by atoms with E-state index >= 15 is 0 Å². The highest BCUT2D eigenvalue weighted by Gasteiger charge is 2.02. The van der Waals surface area contributed by atoms with Crippen molar-refractivity contribution in [1.82, 2.24) is 20.3 Å². The Bertz CT molecular complexity index is 728. The lowest BCUT2D eigenvalue weighted by atomic mass is 10.2. The van der Waals surface area contributed by atoms with Gasteiger partial charge < -0.3 is 10.1 Å². The molecule has 5 nitrogen and oxygen atoms in total. The molecule has 0 aliphatic carbocycles. The number of rotatable bonds is 5. The van der Waals surface area contributed by atoms with Crippen molar-refractivity contribution in [3.63, 3.8) is 0 Å². The molecule has 0 amide bonds. The Balaban J connectivity index is 1.75. The average Bonchev–Trinajstić information content (AvgIpc) is 2.54. The summed E-state index contributed by atoms with van der Waals surface area (Å²) in [5.41, 5.74) is 1.83. The van der Waals surface area contributed by atoms with Crippen molar-refractivity contribution in [2.75, 3.05) is 6.54 Å². The Morgan fingerprint density at radius 2 is 1.95 bits per heavy atom. The van der Waals surface area contributed by atoms with E-state index in [2.05, 4.69) is 27.2 Å². The molecule has 1 aromatic carbocycles. The number of aromatic nitrogens is 3. The summed E-state index contributed by atoms with van der Waals surface area (Å²) in [5.74, 6) is 1.12. The lowest BCUT2D eigenvalue weighted by Gasteiger charge is -2.06. The first kappa shape index (κ1) is 13.5. The fraction of sp³-hybridized carbons (Fsp3) is 0.188. The lowest BCUT2D eigenvalue weighted by Crippen LogP contribution is -2.13. The number of nitrogens with one attached hydrogen (secondary N) is 1. The largest absolute Gasteiger partial charge is 0.436 e. The predicted octanol–water partition coefficient (Wildman–Crippen LogP) is 2.93. The molecule has 0 fully saturated rings. The third kappa shape index (κ3) is 3.32. The van der Waals surface area contributed by atoms with E-state index in [0.717, 1.165) is 23.1 Å². The van der Waals surface area contributed by atoms with Crippen molar-refractivity contribution in [2.45, 2.75) is 13.5 Å². The molecule has 0 aliphatic rings. The minimum Gasteiger partial charge on any atom is -0.436 e. The molecule has 21 heavy (non-hydrogen) atoms. The highest BCUT2D eigenvalue weighted by molar-refractivity contribution is 5.79. The number of para-hydroxylation sites is 1. The summed E-state index contributed by atoms with van der Waals surface area (Å²) in [7, 11) is 0. The second-order valence-electron chi connectivity index (χ2n) is 4.59. The first-order valence-corrected chi connectivity index (χ1v) is 6.89. The number of ether oxygens (including phenoxy) is 1. The highest BCUT2D eigenvalue weighted by Crippen LogP contribution is 2.22. The number of hydrogen-bond donors (Lipinski definition) is 1. The topological polar surface area (TPSA) is 59.9 Å². The van der Waals surface area contributed by atoms with Crippen LogP contribution in [0, 0.1) is 0 Å². The maximum Gasteiger partial charge on any atom is 0.237 e. The Morgan fingerprint density at radius 3 is 2.76 bits per heavy atom. The van der Waals surface area contributed by atoms with Gasteiger partial charge in [-0.15, -0.1) is 0 Å². The molecular weight excluding hydrogens is 264 g/mol. The molecule has 0 radical (unpaired) electrons. The molecule has 0 saturated carbocycles. The van der Waals surface area contributed by atoms with E-state index in [-0.39, 0.29) is 0 Å². The Hall–Kier alpha value is -2.53. The van der Waals surface area contributed by atoms with Gasteiger partial charge in [0.05, 0.1) is 29.8 Å². The quantitative estimate of drug-likeness (QED) is 0.778. The summed E-state index contributed by atoms with van der Waals surface area (Å²) < 4.78 is 5.69. The molecule has 106 valence electrons. The van der Waals surface area contributed by atoms with Gasteiger partial charge in [0.25, 0.3) is 0 Å². The number of fused-ring (bicyclic) bond motifs is 1. The van der Waals surface area contributed by atoms with Crippen molar-refractivity contribution in [3.8, 4) is 11.6 Å². The Labute approximate surface area is 123 Å². The Kier molecular flexibility index (Phi) is 4.02. The third-order valence-electron chi connectivity index (χ3n) is 3.03. The lowest BCUT2D eigenvalue weighted by molar-refractivity contribution is 0.457. The van der Waals surface area contributed by atoms with Gasteiger partial charge >= 0.3 is 0 Å². The second-order valence-corrected chi connectivity index (χ2v) is 4.59. The zero-order valence-corrected chi connectivity index (χ0v) is 11.8. The van der Waals surface area contributed by atoms with E-state index in [0.29, 0.717) is 18.2 Å². The SMILES string of the molecule is CCNCc1cnc(Oc2cnc3ccccc3c2)cn1. The summed E-state index contributed by atoms with van der Waals surface area (Å²) in [6.45, 7) is 3.67. The van der Waals surface area contributed by atoms with Gasteiger partial charge in [0, 0.05) is 11.9 Å². The maximum absolute atomic E-state index is 5.69. The summed E-state index contributed by atoms with van der Waals surface area (Å²) in [6, 6.07) is 9.85. The van der Waals surface area contributed by atoms with Gasteiger partial charge in [-0.05, 0) is 18.7 Å². The van der Waals surface area contributed by atoms with Crippen LogP contribution in [-0.4, -0.2) is 21.5 Å². The van der Waals surface area contributed by atoms with Crippen molar-refractivity contribution in [2.24, 2.45) is 0 Å². The van der Waals surface area contributed by atoms with Crippen LogP contribution in [-0.2, 0) is 6.54 Å². The van der Waals surface area contributed by atoms with Crippen LogP contribution in [0.25, 0.3) is 10.9 Å². The van der Waals surface area contributed by atoms with Crippen molar-refractivity contribution >= 4 is 10.9 Å². The van der Waals surface area contributed by atoms with Crippen LogP contribution in [0.5, 0.6) is 11.6 Å². The predicted molar refractivity (Wildman–Crippen MR) is 81.2 cm³/mol. The van der Waals surface area contributed by atoms with Gasteiger partial charge in [0.2, 0.25) is 5.88 Å². The molecule has 2 aromatic heterocycles. The molecular formula is C16H16N4O. The van der Waals surface area contributed by atoms with Crippen LogP contribution in [0.1, 0.15) is 12.6 Å². The smallest absolute Gasteiger partial charge is 0.237 e. The minimum atomic E-state index is 0.465. The first-order valence-electron chi connectivity index (χ1n) is 6.89. The van der Waals surface area contributed by atoms with E-state index < -0.39 is 0 Å². The second kappa shape index (κ2) is 6.28. The van der Waals surface area contributed by atoms with Gasteiger partial charge in [-0.1, -0.05) is 25.1 Å². The molecule has 0 aliphatic heterocycles. The summed E-state index contributed by atoms with van der Waals surface area (Å²) >= 11 is 0. The van der Waals surface area contributed by atoms with E-state index in [4.69, 9.17) is 4.74 Å². The van der Waals surface area contributed by atoms with Gasteiger partial charge in [0.1, 0.15) is 5.75 Å². The summed E-state index contributed by atoms with van der Waals surface area (Å²) in [4.78, 5) is 12.9. The van der Waals surface area contributed by atoms with Crippen LogP contribution in [0.4, 0.5) is 0 Å². The van der Waals surface area contributed by atoms with Crippen LogP contribution in [0.3, 0.4) is 0 Å². The molecule has 0 bridgehead atoms. The third-order valence-corrected chi connectivity index (χ3v) is 3.03. The van der Waals surface area contributed by atoms with Gasteiger partial charge in [-0.3, -0.25) is 9.97 Å². The fourth-order valence-corrected chi connectivity index (χ4v) is 1.97. The first-order chi connectivity index (χ1) is 10.3. The fourth-order valence-electron chi connectivity index (χ4n) is 1.97. The van der Waals surface area contributed by atoms with E-state index in [1.54, 1.807) is 18.6 Å². The molecule has 3 rings (SSSR count). The summed E-state index contributed by atoms with van der Waals surface area (Å²) in [5, 5.41) is 4.23. The van der Waals surface area contributed by atoms with E-state index in [1.807, 2.05) is 30.3 Å². The molecule has 0 atom stereocenters. The maximum atomic E-state index is 5.69. The van der Waals surface area contributed by atoms with Crippen molar-refractivity contribution in [1.29, 1.82) is 0 Å². The van der Waals surface area contributed by atoms with Gasteiger partial charge in [-0.25, -0.2) is 4.98 Å². The monoisotopic (exact) mass is 280 g/mol. The molecule has 0 saturated heterocycles. The molecule has 1 N–H and O–H groups in total. The zero-order chi connectivity index (χ0) is 14.5. The van der Waals surface area contributed by atoms with Gasteiger partial charge in [0.15, 0.2) is 0 Å². The average molecular weight is 280 g/mol. The van der Waals surface area contributed by atoms with Crippen molar-refractivity contribution < 1.29 is 4.74 Å². The van der Waals surface area contributed by atoms with E-state index in [9.17, 15) is 0 Å². The van der Waals surface area contributed by atoms with Crippen LogP contribution >= 0.6 is 0 Å². The van der Waals surface area contributed by atoms with Gasteiger partial charge in [-0.2, -0.15) is 0 Å². The molecule has 0 spiro atoms. The Morgan fingerprint density at radius 1 is 1.05 bits per heavy atom. The molecule has 0 unspecified atom stereocenters. The standard InChI is InChI=1S/C16H16N4O/c1-2-17-8-13-9-20-16(11-18-13)21-14-7-12-5-3-4-6-15(12)19-10-14/h3-7,9-11,17H,2,8H2,1H3. The van der Waals surface area contributed by atoms with E-state index in [1.165, 1.54) is 0 Å². The number of hydrogen-bond acceptors (Lipinski definition) is 5. The molecule has 5 heteroatoms. The zero-order valence-electron chi connectivity index (χ0n) is 11.8. The number of pyridine rings is 1. The van der Waals surface area contributed by atoms with Crippen LogP contribution in [0.2, 0.25) is 0 Å². The van der Waals surface area contributed by atoms with Crippen LogP contribution in [0.15, 0.2) is 48.9 Å². The van der Waals surface area contributed by atoms with Crippen LogP contribution < -0.4 is 10.1 Å². The highest BCUT2D eigenvalue weighted by atomic mass is 16.5. The number of benzene rings is 1.